The standard InChI is InChI=1S/C63H75N7O18/c1-80-42-22-18-40(19-23-42)63-51(39-13-7-5-8-14-39)45(54(74)82-3)35-62(63,79)52-47(81-2)33-44(34-48(52)88-63)87-56-55(83-4)84-37-43(86-56)26-31-67-60(78)85-36-38-16-20-41(21-17-38)68-53(73)46(15-11-30-66-59(64)77)69-58(76)61(27-12-28-61)57(75)65-29-9-6-10-32-70-49(71)24-25-50(70)72/h5,7-8,13-14,16-25,33-34,43,45-46,51,55-56,79H,6,9-12,15,26-32,35-37H2,1-4H3,(H,65,75)(H,67,78)(H,68,73)(H,69,76)(H3,64,66,77)/t43?,45-,46-,51+,55+,56?,62+,63-/m0/s1. The van der Waals surface area contributed by atoms with Crippen molar-refractivity contribution in [3.63, 3.8) is 0 Å². The molecule has 5 aliphatic rings. The summed E-state index contributed by atoms with van der Waals surface area (Å²) in [5.41, 5.74) is 3.08. The minimum Gasteiger partial charge on any atom is -0.497 e. The molecule has 9 rings (SSSR count). The number of carbonyl (C=O) groups excluding carboxylic acids is 8. The number of aliphatic hydroxyl groups is 1. The van der Waals surface area contributed by atoms with E-state index in [0.717, 1.165) is 10.5 Å². The maximum Gasteiger partial charge on any atom is 0.407 e. The molecule has 4 aromatic rings. The van der Waals surface area contributed by atoms with Crippen LogP contribution >= 0.6 is 0 Å². The van der Waals surface area contributed by atoms with Crippen LogP contribution in [0.15, 0.2) is 103 Å². The van der Waals surface area contributed by atoms with Gasteiger partial charge in [0.15, 0.2) is 5.60 Å². The highest BCUT2D eigenvalue weighted by atomic mass is 16.8. The molecule has 3 fully saturated rings. The monoisotopic (exact) mass is 1220 g/mol. The lowest BCUT2D eigenvalue weighted by Crippen LogP contribution is -2.58. The number of amides is 8. The molecule has 0 radical (unpaired) electrons. The molecule has 8 atom stereocenters. The normalized spacial score (nSPS) is 23.2. The van der Waals surface area contributed by atoms with Crippen LogP contribution in [-0.4, -0.2) is 144 Å². The zero-order valence-electron chi connectivity index (χ0n) is 49.5. The summed E-state index contributed by atoms with van der Waals surface area (Å²) < 4.78 is 53.7. The van der Waals surface area contributed by atoms with Crippen LogP contribution < -0.4 is 51.3 Å². The van der Waals surface area contributed by atoms with Gasteiger partial charge in [0.2, 0.25) is 24.0 Å². The van der Waals surface area contributed by atoms with Crippen LogP contribution in [0, 0.1) is 11.3 Å². The number of urea groups is 1. The van der Waals surface area contributed by atoms with Crippen molar-refractivity contribution in [1.82, 2.24) is 26.2 Å². The summed E-state index contributed by atoms with van der Waals surface area (Å²) in [6, 6.07) is 24.4. The van der Waals surface area contributed by atoms with Gasteiger partial charge in [-0.2, -0.15) is 0 Å². The molecule has 8 N–H and O–H groups in total. The summed E-state index contributed by atoms with van der Waals surface area (Å²) in [5.74, 6) is -3.10. The van der Waals surface area contributed by atoms with Crippen LogP contribution in [-0.2, 0) is 70.3 Å². The number of methoxy groups -OCH3 is 4. The smallest absolute Gasteiger partial charge is 0.407 e. The lowest BCUT2D eigenvalue weighted by molar-refractivity contribution is -0.312. The highest BCUT2D eigenvalue weighted by Crippen LogP contribution is 2.70. The number of ether oxygens (including phenoxy) is 9. The van der Waals surface area contributed by atoms with E-state index in [9.17, 15) is 43.5 Å². The van der Waals surface area contributed by atoms with Gasteiger partial charge < -0.3 is 80.1 Å². The highest BCUT2D eigenvalue weighted by molar-refractivity contribution is 6.13. The van der Waals surface area contributed by atoms with Crippen molar-refractivity contribution >= 4 is 53.3 Å². The fourth-order valence-electron chi connectivity index (χ4n) is 12.2. The van der Waals surface area contributed by atoms with Gasteiger partial charge in [-0.3, -0.25) is 33.7 Å². The van der Waals surface area contributed by atoms with Gasteiger partial charge in [0, 0.05) is 69.2 Å². The van der Waals surface area contributed by atoms with E-state index in [-0.39, 0.29) is 94.1 Å². The third kappa shape index (κ3) is 13.7. The van der Waals surface area contributed by atoms with Crippen molar-refractivity contribution in [3.05, 3.63) is 125 Å². The largest absolute Gasteiger partial charge is 0.497 e. The van der Waals surface area contributed by atoms with Crippen molar-refractivity contribution in [2.45, 2.75) is 113 Å². The first-order valence-corrected chi connectivity index (χ1v) is 29.3. The second kappa shape index (κ2) is 28.4. The molecule has 25 heteroatoms. The van der Waals surface area contributed by atoms with E-state index in [1.165, 1.54) is 33.5 Å². The van der Waals surface area contributed by atoms with Crippen molar-refractivity contribution in [1.29, 1.82) is 0 Å². The Morgan fingerprint density at radius 3 is 2.17 bits per heavy atom. The van der Waals surface area contributed by atoms with Crippen LogP contribution in [0.25, 0.3) is 0 Å². The molecule has 3 heterocycles. The maximum absolute atomic E-state index is 13.8. The number of hydrogen-bond acceptors (Lipinski definition) is 18. The number of benzene rings is 4. The molecule has 0 bridgehead atoms. The van der Waals surface area contributed by atoms with Crippen LogP contribution in [0.2, 0.25) is 0 Å². The lowest BCUT2D eigenvalue weighted by atomic mass is 9.67. The molecule has 25 nitrogen and oxygen atoms in total. The van der Waals surface area contributed by atoms with Crippen molar-refractivity contribution in [2.75, 3.05) is 66.5 Å². The van der Waals surface area contributed by atoms with Crippen LogP contribution in [0.5, 0.6) is 23.0 Å². The van der Waals surface area contributed by atoms with Gasteiger partial charge in [0.05, 0.1) is 45.5 Å². The fourth-order valence-corrected chi connectivity index (χ4v) is 12.2. The van der Waals surface area contributed by atoms with Crippen molar-refractivity contribution < 1.29 is 86.1 Å². The van der Waals surface area contributed by atoms with Crippen LogP contribution in [0.1, 0.15) is 92.4 Å². The Morgan fingerprint density at radius 2 is 1.51 bits per heavy atom. The first-order chi connectivity index (χ1) is 42.5. The Bertz CT molecular complexity index is 3200. The maximum atomic E-state index is 13.8. The van der Waals surface area contributed by atoms with E-state index in [0.29, 0.717) is 66.7 Å². The Hall–Kier alpha value is -8.78. The number of primary amides is 1. The van der Waals surface area contributed by atoms with Crippen molar-refractivity contribution in [3.8, 4) is 23.0 Å². The number of carbonyl (C=O) groups is 8. The number of rotatable bonds is 28. The summed E-state index contributed by atoms with van der Waals surface area (Å²) in [6.45, 7) is 0.796. The molecule has 3 aliphatic heterocycles. The Labute approximate surface area is 508 Å². The summed E-state index contributed by atoms with van der Waals surface area (Å²) in [5, 5.41) is 26.9. The SMILES string of the molecule is COC(=O)[C@H]1C[C@@]2(O)c3c(OC)cc(OC4OC(CCNC(=O)OCc5ccc(NC(=O)[C@H](CCCNC(N)=O)NC(=O)C6(C(=O)NCCCCCN7C(=O)C=CC7=O)CCC6)cc5)CO[C@H]4OC)cc3O[C@@]2(c2ccc(OC)cc2)[C@@H]1c1ccccc1. The van der Waals surface area contributed by atoms with Gasteiger partial charge in [0.1, 0.15) is 46.7 Å². The third-order valence-corrected chi connectivity index (χ3v) is 16.8. The van der Waals surface area contributed by atoms with Gasteiger partial charge >= 0.3 is 18.1 Å². The highest BCUT2D eigenvalue weighted by Gasteiger charge is 2.74. The lowest BCUT2D eigenvalue weighted by Gasteiger charge is -2.40. The van der Waals surface area contributed by atoms with Gasteiger partial charge in [-0.15, -0.1) is 0 Å². The number of alkyl carbamates (subject to hydrolysis) is 1. The number of unbranched alkanes of at least 4 members (excludes halogenated alkanes) is 2. The number of hydrogen-bond donors (Lipinski definition) is 7. The second-order valence-corrected chi connectivity index (χ2v) is 22.2. The first kappa shape index (κ1) is 63.7. The van der Waals surface area contributed by atoms with Crippen molar-refractivity contribution in [2.24, 2.45) is 17.1 Å². The predicted molar refractivity (Wildman–Crippen MR) is 313 cm³/mol. The number of nitrogens with one attached hydrogen (secondary N) is 5. The van der Waals surface area contributed by atoms with Crippen LogP contribution in [0.3, 0.4) is 0 Å². The number of nitrogens with two attached hydrogens (primary N) is 1. The van der Waals surface area contributed by atoms with Gasteiger partial charge in [-0.05, 0) is 98.7 Å². The number of fused-ring (bicyclic) bond motifs is 3. The Morgan fingerprint density at radius 1 is 0.784 bits per heavy atom. The number of imide groups is 1. The van der Waals surface area contributed by atoms with E-state index in [1.54, 1.807) is 55.6 Å². The van der Waals surface area contributed by atoms with E-state index in [1.807, 2.05) is 42.5 Å². The topological polar surface area (TPSA) is 329 Å². The van der Waals surface area contributed by atoms with E-state index in [2.05, 4.69) is 26.6 Å². The Kier molecular flexibility index (Phi) is 20.5. The zero-order chi connectivity index (χ0) is 62.6. The minimum absolute atomic E-state index is 0.0694. The quantitative estimate of drug-likeness (QED) is 0.0173. The van der Waals surface area contributed by atoms with Gasteiger partial charge in [0.25, 0.3) is 18.1 Å². The summed E-state index contributed by atoms with van der Waals surface area (Å²) >= 11 is 0. The Balaban J connectivity index is 0.768. The minimum atomic E-state index is -1.83. The second-order valence-electron chi connectivity index (χ2n) is 22.2. The molecule has 0 aromatic heterocycles. The predicted octanol–water partition coefficient (Wildman–Crippen LogP) is 4.82. The molecule has 88 heavy (non-hydrogen) atoms. The summed E-state index contributed by atoms with van der Waals surface area (Å²) in [7, 11) is 5.77. The van der Waals surface area contributed by atoms with E-state index in [4.69, 9.17) is 48.4 Å². The van der Waals surface area contributed by atoms with Crippen LogP contribution in [0.4, 0.5) is 15.3 Å². The third-order valence-electron chi connectivity index (χ3n) is 16.8. The van der Waals surface area contributed by atoms with E-state index < -0.39 is 89.0 Å². The number of esters is 1. The summed E-state index contributed by atoms with van der Waals surface area (Å²) in [6.07, 6.45) is 2.64. The average molecular weight is 1220 g/mol. The van der Waals surface area contributed by atoms with E-state index >= 15 is 0 Å². The van der Waals surface area contributed by atoms with Gasteiger partial charge in [-0.1, -0.05) is 61.0 Å². The molecule has 1 saturated heterocycles. The molecular formula is C63H75N7O18. The molecule has 2 aliphatic carbocycles. The molecule has 470 valence electrons. The fraction of sp³-hybridized carbons (Fsp3) is 0.460. The molecule has 2 saturated carbocycles. The number of anilines is 1. The molecular weight excluding hydrogens is 1140 g/mol. The average Bonchev–Trinajstić information content (AvgIpc) is 1.52. The summed E-state index contributed by atoms with van der Waals surface area (Å²) in [4.78, 5) is 104. The molecule has 4 aromatic carbocycles. The molecule has 0 spiro atoms. The number of nitrogens with zero attached hydrogens (tertiary/aromatic N) is 1. The zero-order valence-corrected chi connectivity index (χ0v) is 49.5. The van der Waals surface area contributed by atoms with Gasteiger partial charge in [-0.25, -0.2) is 9.59 Å². The molecule has 8 amide bonds. The molecule has 2 unspecified atom stereocenters. The first-order valence-electron chi connectivity index (χ1n) is 29.3.